The van der Waals surface area contributed by atoms with Gasteiger partial charge in [0.1, 0.15) is 6.10 Å². The Morgan fingerprint density at radius 2 is 0.938 bits per heavy atom. The van der Waals surface area contributed by atoms with Crippen LogP contribution in [-0.2, 0) is 18.9 Å². The molecule has 0 fully saturated rings. The summed E-state index contributed by atoms with van der Waals surface area (Å²) in [5.41, 5.74) is 0. The van der Waals surface area contributed by atoms with E-state index < -0.39 is 12.3 Å². The van der Waals surface area contributed by atoms with Gasteiger partial charge in [-0.1, -0.05) is 118 Å². The molecule has 286 valence electrons. The molecule has 0 amide bonds. The SMILES string of the molecule is CCCCCCCCC(CCCCCCCC)OC(=O)OCCCCC(C)CN(CCCO)CCCCCCOC(=O)OCCCCC. The number of nitrogens with zero attached hydrogens (tertiary/aromatic N) is 1. The van der Waals surface area contributed by atoms with Crippen molar-refractivity contribution in [1.82, 2.24) is 4.90 Å². The molecule has 8 nitrogen and oxygen atoms in total. The molecule has 1 N–H and O–H groups in total. The van der Waals surface area contributed by atoms with Crippen LogP contribution in [0.1, 0.15) is 188 Å². The molecule has 0 spiro atoms. The summed E-state index contributed by atoms with van der Waals surface area (Å²) in [7, 11) is 0. The highest BCUT2D eigenvalue weighted by atomic mass is 16.7. The van der Waals surface area contributed by atoms with Gasteiger partial charge in [0, 0.05) is 19.7 Å². The Balaban J connectivity index is 4.21. The Kier molecular flexibility index (Phi) is 35.6. The molecule has 0 aliphatic carbocycles. The van der Waals surface area contributed by atoms with E-state index in [9.17, 15) is 14.7 Å². The molecule has 0 heterocycles. The minimum absolute atomic E-state index is 0.0167. The number of rotatable bonds is 36. The van der Waals surface area contributed by atoms with Gasteiger partial charge in [0.15, 0.2) is 0 Å². The molecular weight excluding hydrogens is 606 g/mol. The van der Waals surface area contributed by atoms with Crippen molar-refractivity contribution in [1.29, 1.82) is 0 Å². The maximum atomic E-state index is 12.5. The van der Waals surface area contributed by atoms with Crippen molar-refractivity contribution in [3.05, 3.63) is 0 Å². The Labute approximate surface area is 296 Å². The van der Waals surface area contributed by atoms with Crippen LogP contribution < -0.4 is 0 Å². The van der Waals surface area contributed by atoms with Gasteiger partial charge in [-0.15, -0.1) is 0 Å². The summed E-state index contributed by atoms with van der Waals surface area (Å²) in [6, 6.07) is 0. The summed E-state index contributed by atoms with van der Waals surface area (Å²) in [6.07, 6.45) is 26.7. The normalized spacial score (nSPS) is 12.1. The molecule has 0 saturated heterocycles. The smallest absolute Gasteiger partial charge is 0.434 e. The lowest BCUT2D eigenvalue weighted by atomic mass is 10.0. The van der Waals surface area contributed by atoms with Gasteiger partial charge >= 0.3 is 12.3 Å². The van der Waals surface area contributed by atoms with Crippen molar-refractivity contribution in [2.24, 2.45) is 5.92 Å². The second kappa shape index (κ2) is 36.7. The van der Waals surface area contributed by atoms with E-state index in [1.807, 2.05) is 0 Å². The van der Waals surface area contributed by atoms with Crippen LogP contribution in [0.4, 0.5) is 9.59 Å². The molecule has 8 heteroatoms. The molecular formula is C40H79NO7. The minimum atomic E-state index is -0.548. The van der Waals surface area contributed by atoms with Crippen LogP contribution in [0, 0.1) is 5.92 Å². The Bertz CT molecular complexity index is 676. The van der Waals surface area contributed by atoms with E-state index in [1.165, 1.54) is 64.2 Å². The lowest BCUT2D eigenvalue weighted by molar-refractivity contribution is 0.0153. The van der Waals surface area contributed by atoms with Gasteiger partial charge in [-0.25, -0.2) is 9.59 Å². The van der Waals surface area contributed by atoms with E-state index in [0.717, 1.165) is 116 Å². The average Bonchev–Trinajstić information content (AvgIpc) is 3.07. The van der Waals surface area contributed by atoms with Gasteiger partial charge in [-0.05, 0) is 83.1 Å². The zero-order valence-electron chi connectivity index (χ0n) is 32.1. The third-order valence-corrected chi connectivity index (χ3v) is 9.09. The zero-order chi connectivity index (χ0) is 35.3. The number of hydrogen-bond donors (Lipinski definition) is 1. The first kappa shape index (κ1) is 46.5. The van der Waals surface area contributed by atoms with Crippen LogP contribution in [-0.4, -0.2) is 74.5 Å². The van der Waals surface area contributed by atoms with E-state index in [1.54, 1.807) is 0 Å². The summed E-state index contributed by atoms with van der Waals surface area (Å²) in [6.45, 7) is 13.3. The van der Waals surface area contributed by atoms with Crippen molar-refractivity contribution in [3.63, 3.8) is 0 Å². The van der Waals surface area contributed by atoms with E-state index in [-0.39, 0.29) is 12.7 Å². The predicted octanol–water partition coefficient (Wildman–Crippen LogP) is 11.4. The molecule has 0 rings (SSSR count). The molecule has 48 heavy (non-hydrogen) atoms. The summed E-state index contributed by atoms with van der Waals surface area (Å²) in [5, 5.41) is 9.38. The van der Waals surface area contributed by atoms with Gasteiger partial charge in [-0.3, -0.25) is 0 Å². The average molecular weight is 686 g/mol. The molecule has 0 aromatic rings. The Morgan fingerprint density at radius 3 is 1.52 bits per heavy atom. The maximum Gasteiger partial charge on any atom is 0.508 e. The predicted molar refractivity (Wildman–Crippen MR) is 199 cm³/mol. The second-order valence-electron chi connectivity index (χ2n) is 14.0. The Hall–Kier alpha value is -1.54. The molecule has 1 atom stereocenters. The van der Waals surface area contributed by atoms with Crippen molar-refractivity contribution in [2.45, 2.75) is 194 Å². The number of unbranched alkanes of at least 4 members (excludes halogenated alkanes) is 16. The van der Waals surface area contributed by atoms with E-state index >= 15 is 0 Å². The molecule has 1 unspecified atom stereocenters. The number of ether oxygens (including phenoxy) is 4. The Morgan fingerprint density at radius 1 is 0.521 bits per heavy atom. The third-order valence-electron chi connectivity index (χ3n) is 9.09. The first-order chi connectivity index (χ1) is 23.5. The van der Waals surface area contributed by atoms with Gasteiger partial charge in [0.2, 0.25) is 0 Å². The maximum absolute atomic E-state index is 12.5. The van der Waals surface area contributed by atoms with Gasteiger partial charge < -0.3 is 29.0 Å². The van der Waals surface area contributed by atoms with Crippen molar-refractivity contribution in [2.75, 3.05) is 46.1 Å². The second-order valence-corrected chi connectivity index (χ2v) is 14.0. The van der Waals surface area contributed by atoms with Crippen molar-refractivity contribution >= 4 is 12.3 Å². The highest BCUT2D eigenvalue weighted by Crippen LogP contribution is 2.18. The number of hydrogen-bond acceptors (Lipinski definition) is 8. The molecule has 0 radical (unpaired) electrons. The summed E-state index contributed by atoms with van der Waals surface area (Å²) < 4.78 is 21.6. The van der Waals surface area contributed by atoms with Crippen LogP contribution in [0.2, 0.25) is 0 Å². The fraction of sp³-hybridized carbons (Fsp3) is 0.950. The third kappa shape index (κ3) is 33.0. The van der Waals surface area contributed by atoms with Crippen LogP contribution in [0.25, 0.3) is 0 Å². The van der Waals surface area contributed by atoms with Crippen molar-refractivity contribution in [3.8, 4) is 0 Å². The topological polar surface area (TPSA) is 94.5 Å². The molecule has 0 bridgehead atoms. The molecule has 0 aromatic heterocycles. The fourth-order valence-electron chi connectivity index (χ4n) is 6.10. The molecule has 0 aromatic carbocycles. The zero-order valence-corrected chi connectivity index (χ0v) is 32.1. The first-order valence-electron chi connectivity index (χ1n) is 20.4. The van der Waals surface area contributed by atoms with E-state index in [4.69, 9.17) is 18.9 Å². The highest BCUT2D eigenvalue weighted by Gasteiger charge is 2.16. The van der Waals surface area contributed by atoms with Crippen LogP contribution in [0.5, 0.6) is 0 Å². The summed E-state index contributed by atoms with van der Waals surface area (Å²) in [5.74, 6) is 0.534. The van der Waals surface area contributed by atoms with Gasteiger partial charge in [0.25, 0.3) is 0 Å². The van der Waals surface area contributed by atoms with Crippen LogP contribution in [0.3, 0.4) is 0 Å². The number of carbonyl (C=O) groups is 2. The molecule has 0 saturated carbocycles. The van der Waals surface area contributed by atoms with Crippen molar-refractivity contribution < 1.29 is 33.6 Å². The fourth-order valence-corrected chi connectivity index (χ4v) is 6.10. The summed E-state index contributed by atoms with van der Waals surface area (Å²) >= 11 is 0. The highest BCUT2D eigenvalue weighted by molar-refractivity contribution is 5.60. The number of aliphatic hydroxyl groups excluding tert-OH is 1. The first-order valence-corrected chi connectivity index (χ1v) is 20.4. The van der Waals surface area contributed by atoms with E-state index in [2.05, 4.69) is 32.6 Å². The van der Waals surface area contributed by atoms with Gasteiger partial charge in [-0.2, -0.15) is 0 Å². The largest absolute Gasteiger partial charge is 0.508 e. The standard InChI is InChI=1S/C40H79NO7/c1-5-8-11-13-15-19-28-38(29-20-16-14-12-9-6-2)48-40(44)47-35-25-21-27-37(4)36-41(31-26-32-42)30-22-17-18-24-34-46-39(43)45-33-23-10-7-3/h37-38,42H,5-36H2,1-4H3. The van der Waals surface area contributed by atoms with Gasteiger partial charge in [0.05, 0.1) is 19.8 Å². The van der Waals surface area contributed by atoms with Crippen LogP contribution >= 0.6 is 0 Å². The minimum Gasteiger partial charge on any atom is -0.434 e. The monoisotopic (exact) mass is 686 g/mol. The summed E-state index contributed by atoms with van der Waals surface area (Å²) in [4.78, 5) is 26.6. The number of carbonyl (C=O) groups excluding carboxylic acids is 2. The number of aliphatic hydroxyl groups is 1. The quantitative estimate of drug-likeness (QED) is 0.0514. The van der Waals surface area contributed by atoms with E-state index in [0.29, 0.717) is 25.7 Å². The molecule has 0 aliphatic heterocycles. The van der Waals surface area contributed by atoms with Crippen LogP contribution in [0.15, 0.2) is 0 Å². The lowest BCUT2D eigenvalue weighted by Crippen LogP contribution is -2.31. The molecule has 0 aliphatic rings. The lowest BCUT2D eigenvalue weighted by Gasteiger charge is -2.25.